The van der Waals surface area contributed by atoms with E-state index in [1.54, 1.807) is 0 Å². The molecule has 0 radical (unpaired) electrons. The molecule has 3 N–H and O–H groups in total. The van der Waals surface area contributed by atoms with Crippen LogP contribution in [0.25, 0.3) is 0 Å². The van der Waals surface area contributed by atoms with Crippen molar-refractivity contribution in [1.82, 2.24) is 0 Å². The third-order valence-electron chi connectivity index (χ3n) is 11.3. The minimum Gasteiger partial charge on any atom is -0.462 e. The summed E-state index contributed by atoms with van der Waals surface area (Å²) in [6.07, 6.45) is 76.8. The number of phosphoric acid groups is 1. The summed E-state index contributed by atoms with van der Waals surface area (Å²) in [6.45, 7) is 3.47. The molecule has 10 heteroatoms. The van der Waals surface area contributed by atoms with Gasteiger partial charge in [-0.25, -0.2) is 4.57 Å². The summed E-state index contributed by atoms with van der Waals surface area (Å²) in [5, 5.41) is 0. The number of allylic oxidation sites excluding steroid dienone is 20. The normalized spacial score (nSPS) is 14.0. The van der Waals surface area contributed by atoms with E-state index < -0.39 is 32.5 Å². The van der Waals surface area contributed by atoms with E-state index in [-0.39, 0.29) is 32.6 Å². The minimum atomic E-state index is -4.40. The molecule has 0 amide bonds. The Morgan fingerprint density at radius 1 is 0.423 bits per heavy atom. The predicted octanol–water partition coefficient (Wildman–Crippen LogP) is 17.6. The second kappa shape index (κ2) is 55.7. The standard InChI is InChI=1S/C61H102NO8P/c1-3-5-7-9-11-13-15-17-19-21-23-24-25-26-27-28-29-30-31-32-33-34-36-38-40-42-44-46-48-50-52-54-61(64)70-59(58-69-71(65,66)68-56-55-62)57-67-60(63)53-51-49-47-45-43-41-39-37-35-22-20-18-16-14-12-10-8-6-4-2/h5-8,11-14,17-20,23-24,26-27,35,37,41,43,59H,3-4,9-10,15-16,21-22,25,28-34,36,38-40,42,44-58,62H2,1-2H3,(H,65,66)/b7-5-,8-6-,13-11-,14-12-,19-17-,20-18-,24-23-,27-26-,37-35-,43-41-. The molecule has 0 heterocycles. The van der Waals surface area contributed by atoms with Gasteiger partial charge >= 0.3 is 19.8 Å². The molecule has 9 nitrogen and oxygen atoms in total. The van der Waals surface area contributed by atoms with Crippen LogP contribution >= 0.6 is 7.82 Å². The number of hydrogen-bond acceptors (Lipinski definition) is 8. The fraction of sp³-hybridized carbons (Fsp3) is 0.639. The lowest BCUT2D eigenvalue weighted by atomic mass is 10.0. The van der Waals surface area contributed by atoms with Crippen LogP contribution in [0.1, 0.15) is 219 Å². The molecule has 0 saturated carbocycles. The van der Waals surface area contributed by atoms with Crippen LogP contribution in [0.5, 0.6) is 0 Å². The van der Waals surface area contributed by atoms with Crippen molar-refractivity contribution in [2.24, 2.45) is 5.73 Å². The lowest BCUT2D eigenvalue weighted by Crippen LogP contribution is -2.29. The third-order valence-corrected chi connectivity index (χ3v) is 12.3. The van der Waals surface area contributed by atoms with E-state index in [1.807, 2.05) is 0 Å². The van der Waals surface area contributed by atoms with Gasteiger partial charge < -0.3 is 20.1 Å². The van der Waals surface area contributed by atoms with Crippen molar-refractivity contribution in [2.45, 2.75) is 225 Å². The Bertz CT molecular complexity index is 1570. The number of rotatable bonds is 51. The molecule has 0 spiro atoms. The van der Waals surface area contributed by atoms with Crippen LogP contribution in [0, 0.1) is 0 Å². The number of esters is 2. The molecule has 0 rings (SSSR count). The maximum Gasteiger partial charge on any atom is 0.472 e. The molecular formula is C61H102NO8P. The van der Waals surface area contributed by atoms with Crippen molar-refractivity contribution in [1.29, 1.82) is 0 Å². The average molecular weight is 1010 g/mol. The lowest BCUT2D eigenvalue weighted by Gasteiger charge is -2.19. The zero-order chi connectivity index (χ0) is 51.7. The zero-order valence-electron chi connectivity index (χ0n) is 44.9. The van der Waals surface area contributed by atoms with Gasteiger partial charge in [0.25, 0.3) is 0 Å². The monoisotopic (exact) mass is 1010 g/mol. The first-order chi connectivity index (χ1) is 34.8. The van der Waals surface area contributed by atoms with Crippen molar-refractivity contribution in [3.05, 3.63) is 122 Å². The van der Waals surface area contributed by atoms with Gasteiger partial charge in [-0.05, 0) is 103 Å². The van der Waals surface area contributed by atoms with E-state index in [1.165, 1.54) is 77.0 Å². The molecule has 0 bridgehead atoms. The molecule has 2 atom stereocenters. The van der Waals surface area contributed by atoms with Gasteiger partial charge in [0.15, 0.2) is 6.10 Å². The van der Waals surface area contributed by atoms with Gasteiger partial charge in [-0.2, -0.15) is 0 Å². The van der Waals surface area contributed by atoms with Gasteiger partial charge in [0.05, 0.1) is 13.2 Å². The molecule has 0 fully saturated rings. The Morgan fingerprint density at radius 3 is 1.10 bits per heavy atom. The molecule has 0 aliphatic rings. The Morgan fingerprint density at radius 2 is 0.732 bits per heavy atom. The quantitative estimate of drug-likeness (QED) is 0.0264. The SMILES string of the molecule is CC/C=C\C/C=C\C/C=C\C/C=C\C/C=C\CCCCCCCCCCCCCCCCCC(=O)OC(COC(=O)CCCCC/C=C\C/C=C\C/C=C\C/C=C\C/C=C\CC)COP(=O)(O)OCCN. The third kappa shape index (κ3) is 55.6. The molecular weight excluding hydrogens is 906 g/mol. The van der Waals surface area contributed by atoms with Crippen molar-refractivity contribution in [2.75, 3.05) is 26.4 Å². The first-order valence-electron chi connectivity index (χ1n) is 28.0. The highest BCUT2D eigenvalue weighted by atomic mass is 31.2. The van der Waals surface area contributed by atoms with Crippen LogP contribution in [-0.2, 0) is 32.7 Å². The van der Waals surface area contributed by atoms with E-state index in [0.717, 1.165) is 103 Å². The molecule has 71 heavy (non-hydrogen) atoms. The van der Waals surface area contributed by atoms with Crippen LogP contribution in [0.3, 0.4) is 0 Å². The fourth-order valence-electron chi connectivity index (χ4n) is 7.28. The topological polar surface area (TPSA) is 134 Å². The number of carbonyl (C=O) groups excluding carboxylic acids is 2. The van der Waals surface area contributed by atoms with Gasteiger partial charge in [0.1, 0.15) is 6.61 Å². The van der Waals surface area contributed by atoms with Crippen LogP contribution in [0.15, 0.2) is 122 Å². The minimum absolute atomic E-state index is 0.0429. The van der Waals surface area contributed by atoms with Gasteiger partial charge in [0, 0.05) is 19.4 Å². The molecule has 0 aliphatic heterocycles. The van der Waals surface area contributed by atoms with E-state index in [9.17, 15) is 19.0 Å². The summed E-state index contributed by atoms with van der Waals surface area (Å²) >= 11 is 0. The van der Waals surface area contributed by atoms with Gasteiger partial charge in [-0.3, -0.25) is 18.6 Å². The van der Waals surface area contributed by atoms with Crippen molar-refractivity contribution >= 4 is 19.8 Å². The Kier molecular flexibility index (Phi) is 52.9. The van der Waals surface area contributed by atoms with Gasteiger partial charge in [-0.1, -0.05) is 225 Å². The second-order valence-electron chi connectivity index (χ2n) is 18.0. The molecule has 0 aromatic carbocycles. The largest absolute Gasteiger partial charge is 0.472 e. The summed E-state index contributed by atoms with van der Waals surface area (Å²) < 4.78 is 33.0. The van der Waals surface area contributed by atoms with Crippen LogP contribution in [-0.4, -0.2) is 49.3 Å². The lowest BCUT2D eigenvalue weighted by molar-refractivity contribution is -0.161. The number of ether oxygens (including phenoxy) is 2. The van der Waals surface area contributed by atoms with E-state index in [0.29, 0.717) is 12.8 Å². The fourth-order valence-corrected chi connectivity index (χ4v) is 8.04. The van der Waals surface area contributed by atoms with E-state index in [2.05, 4.69) is 135 Å². The van der Waals surface area contributed by atoms with Crippen molar-refractivity contribution in [3.8, 4) is 0 Å². The number of carbonyl (C=O) groups is 2. The average Bonchev–Trinajstić information content (AvgIpc) is 3.36. The maximum absolute atomic E-state index is 12.7. The summed E-state index contributed by atoms with van der Waals surface area (Å²) in [6, 6.07) is 0. The van der Waals surface area contributed by atoms with E-state index in [4.69, 9.17) is 24.3 Å². The van der Waals surface area contributed by atoms with Gasteiger partial charge in [-0.15, -0.1) is 0 Å². The summed E-state index contributed by atoms with van der Waals surface area (Å²) in [5.41, 5.74) is 5.37. The maximum atomic E-state index is 12.7. The first-order valence-corrected chi connectivity index (χ1v) is 29.5. The summed E-state index contributed by atoms with van der Waals surface area (Å²) in [7, 11) is -4.40. The smallest absolute Gasteiger partial charge is 0.462 e. The first kappa shape index (κ1) is 67.4. The highest BCUT2D eigenvalue weighted by Gasteiger charge is 2.26. The van der Waals surface area contributed by atoms with Crippen LogP contribution in [0.4, 0.5) is 0 Å². The zero-order valence-corrected chi connectivity index (χ0v) is 45.8. The van der Waals surface area contributed by atoms with Crippen LogP contribution in [0.2, 0.25) is 0 Å². The summed E-state index contributed by atoms with van der Waals surface area (Å²) in [5.74, 6) is -0.871. The van der Waals surface area contributed by atoms with Crippen molar-refractivity contribution < 1.29 is 37.6 Å². The van der Waals surface area contributed by atoms with Gasteiger partial charge in [0.2, 0.25) is 0 Å². The number of nitrogens with two attached hydrogens (primary N) is 1. The highest BCUT2D eigenvalue weighted by Crippen LogP contribution is 2.43. The number of hydrogen-bond donors (Lipinski definition) is 2. The van der Waals surface area contributed by atoms with Crippen molar-refractivity contribution in [3.63, 3.8) is 0 Å². The summed E-state index contributed by atoms with van der Waals surface area (Å²) in [4.78, 5) is 35.1. The molecule has 0 aromatic rings. The molecule has 404 valence electrons. The molecule has 0 aliphatic carbocycles. The highest BCUT2D eigenvalue weighted by molar-refractivity contribution is 7.47. The molecule has 2 unspecified atom stereocenters. The Labute approximate surface area is 434 Å². The predicted molar refractivity (Wildman–Crippen MR) is 302 cm³/mol. The Hall–Kier alpha value is -3.59. The molecule has 0 saturated heterocycles. The number of unbranched alkanes of at least 4 members (excludes halogenated alkanes) is 18. The second-order valence-corrected chi connectivity index (χ2v) is 19.5. The van der Waals surface area contributed by atoms with Crippen LogP contribution < -0.4 is 5.73 Å². The molecule has 0 aromatic heterocycles. The number of phosphoric ester groups is 1. The Balaban J connectivity index is 4.02. The van der Waals surface area contributed by atoms with E-state index >= 15 is 0 Å².